The first kappa shape index (κ1) is 15.0. The van der Waals surface area contributed by atoms with Crippen LogP contribution in [0.25, 0.3) is 10.9 Å². The van der Waals surface area contributed by atoms with E-state index in [2.05, 4.69) is 14.9 Å². The van der Waals surface area contributed by atoms with Gasteiger partial charge in [-0.15, -0.1) is 0 Å². The molecule has 0 unspecified atom stereocenters. The van der Waals surface area contributed by atoms with E-state index in [1.165, 1.54) is 24.4 Å². The summed E-state index contributed by atoms with van der Waals surface area (Å²) in [7, 11) is -3.84. The SMILES string of the molecule is Cc1cc(C(=O)O)ccc1S(=O)(=O)Nc1cccc2[nH]ncc12. The van der Waals surface area contributed by atoms with Gasteiger partial charge in [-0.1, -0.05) is 6.07 Å². The standard InChI is InChI=1S/C15H13N3O4S/c1-9-7-10(15(19)20)5-6-14(9)23(21,22)18-13-4-2-3-12-11(13)8-16-17-12/h2-8,18H,1H3,(H,16,17)(H,19,20). The molecule has 3 rings (SSSR count). The van der Waals surface area contributed by atoms with E-state index in [0.717, 1.165) is 0 Å². The molecule has 8 heteroatoms. The molecule has 0 amide bonds. The number of aromatic nitrogens is 2. The fourth-order valence-electron chi connectivity index (χ4n) is 2.34. The van der Waals surface area contributed by atoms with Crippen molar-refractivity contribution in [3.05, 3.63) is 53.7 Å². The molecule has 3 N–H and O–H groups in total. The average molecular weight is 331 g/mol. The van der Waals surface area contributed by atoms with Gasteiger partial charge in [-0.05, 0) is 42.8 Å². The van der Waals surface area contributed by atoms with Crippen LogP contribution in [0, 0.1) is 6.92 Å². The Bertz CT molecular complexity index is 1010. The predicted octanol–water partition coefficient (Wildman–Crippen LogP) is 2.37. The Morgan fingerprint density at radius 2 is 2.04 bits per heavy atom. The van der Waals surface area contributed by atoms with Gasteiger partial charge < -0.3 is 5.11 Å². The number of nitrogens with zero attached hydrogens (tertiary/aromatic N) is 1. The van der Waals surface area contributed by atoms with E-state index in [1.54, 1.807) is 25.1 Å². The van der Waals surface area contributed by atoms with Gasteiger partial charge in [0.2, 0.25) is 0 Å². The molecule has 0 fully saturated rings. The Morgan fingerprint density at radius 3 is 2.74 bits per heavy atom. The molecular weight excluding hydrogens is 318 g/mol. The van der Waals surface area contributed by atoms with Crippen LogP contribution < -0.4 is 4.72 Å². The van der Waals surface area contributed by atoms with Gasteiger partial charge in [-0.2, -0.15) is 5.10 Å². The Morgan fingerprint density at radius 1 is 1.26 bits per heavy atom. The molecule has 0 aliphatic rings. The number of fused-ring (bicyclic) bond motifs is 1. The van der Waals surface area contributed by atoms with Gasteiger partial charge in [0, 0.05) is 5.39 Å². The zero-order chi connectivity index (χ0) is 16.6. The summed E-state index contributed by atoms with van der Waals surface area (Å²) in [5.41, 5.74) is 1.51. The summed E-state index contributed by atoms with van der Waals surface area (Å²) in [6.45, 7) is 1.55. The predicted molar refractivity (Wildman–Crippen MR) is 85.0 cm³/mol. The van der Waals surface area contributed by atoms with Crippen LogP contribution in [0.5, 0.6) is 0 Å². The summed E-state index contributed by atoms with van der Waals surface area (Å²) < 4.78 is 27.7. The van der Waals surface area contributed by atoms with Crippen LogP contribution in [0.3, 0.4) is 0 Å². The van der Waals surface area contributed by atoms with Crippen LogP contribution in [-0.2, 0) is 10.0 Å². The van der Waals surface area contributed by atoms with E-state index >= 15 is 0 Å². The Kier molecular flexibility index (Phi) is 3.53. The molecule has 1 heterocycles. The molecule has 0 bridgehead atoms. The molecule has 23 heavy (non-hydrogen) atoms. The number of H-pyrrole nitrogens is 1. The van der Waals surface area contributed by atoms with Crippen LogP contribution >= 0.6 is 0 Å². The molecule has 2 aromatic carbocycles. The Labute approximate surface area is 132 Å². The van der Waals surface area contributed by atoms with Crippen molar-refractivity contribution < 1.29 is 18.3 Å². The van der Waals surface area contributed by atoms with Crippen LogP contribution in [0.1, 0.15) is 15.9 Å². The van der Waals surface area contributed by atoms with Gasteiger partial charge in [-0.3, -0.25) is 9.82 Å². The maximum Gasteiger partial charge on any atom is 0.335 e. The van der Waals surface area contributed by atoms with E-state index in [1.807, 2.05) is 0 Å². The number of carboxylic acids is 1. The van der Waals surface area contributed by atoms with Crippen molar-refractivity contribution in [1.82, 2.24) is 10.2 Å². The van der Waals surface area contributed by atoms with Crippen LogP contribution in [0.2, 0.25) is 0 Å². The number of aromatic carboxylic acids is 1. The molecule has 1 aromatic heterocycles. The minimum atomic E-state index is -3.84. The van der Waals surface area contributed by atoms with Gasteiger partial charge >= 0.3 is 5.97 Å². The van der Waals surface area contributed by atoms with E-state index < -0.39 is 16.0 Å². The molecule has 7 nitrogen and oxygen atoms in total. The highest BCUT2D eigenvalue weighted by Crippen LogP contribution is 2.25. The quantitative estimate of drug-likeness (QED) is 0.679. The van der Waals surface area contributed by atoms with Crippen molar-refractivity contribution in [3.63, 3.8) is 0 Å². The normalized spacial score (nSPS) is 11.5. The van der Waals surface area contributed by atoms with Gasteiger partial charge in [0.25, 0.3) is 10.0 Å². The number of carbonyl (C=O) groups is 1. The number of nitrogens with one attached hydrogen (secondary N) is 2. The highest BCUT2D eigenvalue weighted by atomic mass is 32.2. The number of sulfonamides is 1. The third-order valence-electron chi connectivity index (χ3n) is 3.44. The molecule has 0 saturated carbocycles. The second kappa shape index (κ2) is 5.40. The van der Waals surface area contributed by atoms with Gasteiger partial charge in [0.05, 0.1) is 27.9 Å². The van der Waals surface area contributed by atoms with E-state index in [0.29, 0.717) is 22.2 Å². The van der Waals surface area contributed by atoms with E-state index in [4.69, 9.17) is 5.11 Å². The number of benzene rings is 2. The minimum absolute atomic E-state index is 0.0306. The lowest BCUT2D eigenvalue weighted by Gasteiger charge is -2.11. The second-order valence-corrected chi connectivity index (χ2v) is 6.68. The van der Waals surface area contributed by atoms with Crippen molar-refractivity contribution in [1.29, 1.82) is 0 Å². The zero-order valence-corrected chi connectivity index (χ0v) is 12.9. The van der Waals surface area contributed by atoms with Gasteiger partial charge in [0.15, 0.2) is 0 Å². The van der Waals surface area contributed by atoms with Crippen molar-refractivity contribution in [3.8, 4) is 0 Å². The topological polar surface area (TPSA) is 112 Å². The lowest BCUT2D eigenvalue weighted by molar-refractivity contribution is 0.0696. The average Bonchev–Trinajstić information content (AvgIpc) is 2.96. The van der Waals surface area contributed by atoms with Crippen molar-refractivity contribution in [2.45, 2.75) is 11.8 Å². The molecule has 0 radical (unpaired) electrons. The summed E-state index contributed by atoms with van der Waals surface area (Å²) in [4.78, 5) is 11.0. The molecule has 0 spiro atoms. The fourth-order valence-corrected chi connectivity index (χ4v) is 3.65. The lowest BCUT2D eigenvalue weighted by atomic mass is 10.1. The summed E-state index contributed by atoms with van der Waals surface area (Å²) in [5, 5.41) is 16.3. The third-order valence-corrected chi connectivity index (χ3v) is 4.97. The number of hydrogen-bond acceptors (Lipinski definition) is 4. The van der Waals surface area contributed by atoms with Crippen LogP contribution in [-0.4, -0.2) is 29.7 Å². The number of carboxylic acid groups (broad SMARTS) is 1. The maximum atomic E-state index is 12.6. The molecule has 0 atom stereocenters. The lowest BCUT2D eigenvalue weighted by Crippen LogP contribution is -2.15. The highest BCUT2D eigenvalue weighted by Gasteiger charge is 2.19. The number of hydrogen-bond donors (Lipinski definition) is 3. The first-order valence-electron chi connectivity index (χ1n) is 6.67. The number of aryl methyl sites for hydroxylation is 1. The summed E-state index contributed by atoms with van der Waals surface area (Å²) in [6.07, 6.45) is 1.54. The fraction of sp³-hybridized carbons (Fsp3) is 0.0667. The molecular formula is C15H13N3O4S. The monoisotopic (exact) mass is 331 g/mol. The van der Waals surface area contributed by atoms with Crippen molar-refractivity contribution in [2.24, 2.45) is 0 Å². The summed E-state index contributed by atoms with van der Waals surface area (Å²) in [6, 6.07) is 9.01. The Hall–Kier alpha value is -2.87. The minimum Gasteiger partial charge on any atom is -0.478 e. The van der Waals surface area contributed by atoms with Crippen LogP contribution in [0.4, 0.5) is 5.69 Å². The summed E-state index contributed by atoms with van der Waals surface area (Å²) >= 11 is 0. The molecule has 0 aliphatic carbocycles. The first-order valence-corrected chi connectivity index (χ1v) is 8.16. The highest BCUT2D eigenvalue weighted by molar-refractivity contribution is 7.92. The molecule has 0 saturated heterocycles. The molecule has 118 valence electrons. The second-order valence-electron chi connectivity index (χ2n) is 5.03. The van der Waals surface area contributed by atoms with Crippen molar-refractivity contribution in [2.75, 3.05) is 4.72 Å². The number of rotatable bonds is 4. The largest absolute Gasteiger partial charge is 0.478 e. The van der Waals surface area contributed by atoms with Crippen molar-refractivity contribution >= 4 is 32.6 Å². The van der Waals surface area contributed by atoms with E-state index in [-0.39, 0.29) is 10.5 Å². The molecule has 0 aliphatic heterocycles. The third kappa shape index (κ3) is 2.76. The smallest absolute Gasteiger partial charge is 0.335 e. The van der Waals surface area contributed by atoms with Crippen LogP contribution in [0.15, 0.2) is 47.5 Å². The van der Waals surface area contributed by atoms with Gasteiger partial charge in [-0.25, -0.2) is 13.2 Å². The Balaban J connectivity index is 2.02. The first-order chi connectivity index (χ1) is 10.9. The zero-order valence-electron chi connectivity index (χ0n) is 12.1. The number of anilines is 1. The number of aromatic amines is 1. The molecule has 3 aromatic rings. The van der Waals surface area contributed by atoms with E-state index in [9.17, 15) is 13.2 Å². The van der Waals surface area contributed by atoms with Gasteiger partial charge in [0.1, 0.15) is 0 Å². The summed E-state index contributed by atoms with van der Waals surface area (Å²) in [5.74, 6) is -1.10. The maximum absolute atomic E-state index is 12.6.